The number of carbonyl (C=O) groups is 1. The van der Waals surface area contributed by atoms with Crippen molar-refractivity contribution in [1.29, 1.82) is 0 Å². The number of hydrogen-bond donors (Lipinski definition) is 1. The number of allylic oxidation sites excluding steroid dienone is 2. The number of carbonyl (C=O) groups excluding carboxylic acids is 1. The van der Waals surface area contributed by atoms with Crippen molar-refractivity contribution in [2.24, 2.45) is 5.92 Å². The van der Waals surface area contributed by atoms with Gasteiger partial charge in [0.15, 0.2) is 0 Å². The molecule has 4 nitrogen and oxygen atoms in total. The Balaban J connectivity index is 1.35. The smallest absolute Gasteiger partial charge is 0.223 e. The summed E-state index contributed by atoms with van der Waals surface area (Å²) in [7, 11) is 0. The van der Waals surface area contributed by atoms with Gasteiger partial charge in [-0.05, 0) is 44.7 Å². The third kappa shape index (κ3) is 5.33. The standard InChI is InChI=1S/C21H31N3O/c1-18(22-21(25)19-8-4-2-5-9-19)12-13-23-14-16-24(17-15-23)20-10-6-3-7-11-20/h2-4,6-7,10-11,18-19H,5,8-9,12-17H2,1H3,(H,22,25)/t18-,19-/m0/s1. The largest absolute Gasteiger partial charge is 0.369 e. The van der Waals surface area contributed by atoms with Gasteiger partial charge in [-0.2, -0.15) is 0 Å². The van der Waals surface area contributed by atoms with Gasteiger partial charge in [-0.25, -0.2) is 0 Å². The lowest BCUT2D eigenvalue weighted by atomic mass is 9.93. The Morgan fingerprint density at radius 2 is 1.92 bits per heavy atom. The van der Waals surface area contributed by atoms with Gasteiger partial charge in [-0.1, -0.05) is 30.4 Å². The van der Waals surface area contributed by atoms with Crippen LogP contribution in [0.1, 0.15) is 32.6 Å². The van der Waals surface area contributed by atoms with Crippen LogP contribution in [0.4, 0.5) is 5.69 Å². The molecule has 0 saturated carbocycles. The van der Waals surface area contributed by atoms with E-state index in [0.717, 1.165) is 58.4 Å². The van der Waals surface area contributed by atoms with Crippen LogP contribution in [-0.2, 0) is 4.79 Å². The lowest BCUT2D eigenvalue weighted by Gasteiger charge is -2.36. The number of piperazine rings is 1. The molecule has 0 radical (unpaired) electrons. The molecule has 2 aliphatic rings. The van der Waals surface area contributed by atoms with Crippen molar-refractivity contribution in [3.8, 4) is 0 Å². The summed E-state index contributed by atoms with van der Waals surface area (Å²) in [4.78, 5) is 17.3. The molecule has 3 rings (SSSR count). The number of rotatable bonds is 6. The molecule has 1 amide bonds. The molecule has 25 heavy (non-hydrogen) atoms. The number of hydrogen-bond acceptors (Lipinski definition) is 3. The third-order valence-electron chi connectivity index (χ3n) is 5.40. The van der Waals surface area contributed by atoms with Crippen molar-refractivity contribution in [2.75, 3.05) is 37.6 Å². The maximum atomic E-state index is 12.3. The van der Waals surface area contributed by atoms with E-state index in [1.54, 1.807) is 0 Å². The highest BCUT2D eigenvalue weighted by atomic mass is 16.1. The van der Waals surface area contributed by atoms with Gasteiger partial charge in [0, 0.05) is 50.4 Å². The zero-order valence-electron chi connectivity index (χ0n) is 15.4. The SMILES string of the molecule is C[C@@H](CCN1CCN(c2ccccc2)CC1)NC(=O)[C@H]1CC=CCC1. The third-order valence-corrected chi connectivity index (χ3v) is 5.40. The van der Waals surface area contributed by atoms with Crippen molar-refractivity contribution < 1.29 is 4.79 Å². The first-order valence-electron chi connectivity index (χ1n) is 9.70. The molecular weight excluding hydrogens is 310 g/mol. The summed E-state index contributed by atoms with van der Waals surface area (Å²) >= 11 is 0. The Morgan fingerprint density at radius 3 is 2.60 bits per heavy atom. The van der Waals surface area contributed by atoms with Crippen LogP contribution in [0.3, 0.4) is 0 Å². The van der Waals surface area contributed by atoms with Crippen molar-refractivity contribution in [3.63, 3.8) is 0 Å². The summed E-state index contributed by atoms with van der Waals surface area (Å²) in [5, 5.41) is 3.21. The van der Waals surface area contributed by atoms with E-state index in [4.69, 9.17) is 0 Å². The number of anilines is 1. The van der Waals surface area contributed by atoms with Gasteiger partial charge in [-0.3, -0.25) is 9.69 Å². The van der Waals surface area contributed by atoms with Gasteiger partial charge in [0.2, 0.25) is 5.91 Å². The molecule has 1 fully saturated rings. The van der Waals surface area contributed by atoms with E-state index in [2.05, 4.69) is 64.5 Å². The lowest BCUT2D eigenvalue weighted by Crippen LogP contribution is -2.48. The zero-order chi connectivity index (χ0) is 17.5. The predicted molar refractivity (Wildman–Crippen MR) is 104 cm³/mol. The second-order valence-electron chi connectivity index (χ2n) is 7.34. The Bertz CT molecular complexity index is 564. The molecule has 1 aromatic rings. The number of amides is 1. The van der Waals surface area contributed by atoms with Crippen LogP contribution in [0.15, 0.2) is 42.5 Å². The molecule has 1 aliphatic carbocycles. The first-order chi connectivity index (χ1) is 12.2. The highest BCUT2D eigenvalue weighted by Gasteiger charge is 2.21. The Hall–Kier alpha value is -1.81. The minimum absolute atomic E-state index is 0.182. The Kier molecular flexibility index (Phi) is 6.51. The summed E-state index contributed by atoms with van der Waals surface area (Å²) in [6.07, 6.45) is 8.29. The monoisotopic (exact) mass is 341 g/mol. The van der Waals surface area contributed by atoms with Crippen LogP contribution in [-0.4, -0.2) is 49.6 Å². The first-order valence-corrected chi connectivity index (χ1v) is 9.70. The molecule has 0 unspecified atom stereocenters. The highest BCUT2D eigenvalue weighted by Crippen LogP contribution is 2.19. The lowest BCUT2D eigenvalue weighted by molar-refractivity contribution is -0.125. The van der Waals surface area contributed by atoms with E-state index in [1.807, 2.05) is 0 Å². The molecule has 1 saturated heterocycles. The minimum Gasteiger partial charge on any atom is -0.369 e. The fourth-order valence-corrected chi connectivity index (χ4v) is 3.71. The molecule has 1 aromatic carbocycles. The van der Waals surface area contributed by atoms with Gasteiger partial charge in [0.25, 0.3) is 0 Å². The van der Waals surface area contributed by atoms with Crippen molar-refractivity contribution >= 4 is 11.6 Å². The number of para-hydroxylation sites is 1. The number of benzene rings is 1. The second kappa shape index (κ2) is 9.04. The molecule has 0 bridgehead atoms. The molecule has 1 N–H and O–H groups in total. The second-order valence-corrected chi connectivity index (χ2v) is 7.34. The molecule has 4 heteroatoms. The quantitative estimate of drug-likeness (QED) is 0.808. The fourth-order valence-electron chi connectivity index (χ4n) is 3.71. The van der Waals surface area contributed by atoms with Crippen LogP contribution in [0.2, 0.25) is 0 Å². The Morgan fingerprint density at radius 1 is 1.16 bits per heavy atom. The van der Waals surface area contributed by atoms with Crippen molar-refractivity contribution in [3.05, 3.63) is 42.5 Å². The van der Waals surface area contributed by atoms with Gasteiger partial charge >= 0.3 is 0 Å². The van der Waals surface area contributed by atoms with Crippen LogP contribution < -0.4 is 10.2 Å². The van der Waals surface area contributed by atoms with Gasteiger partial charge in [0.05, 0.1) is 0 Å². The van der Waals surface area contributed by atoms with Crippen molar-refractivity contribution in [1.82, 2.24) is 10.2 Å². The van der Waals surface area contributed by atoms with Gasteiger partial charge in [-0.15, -0.1) is 0 Å². The Labute approximate surface area is 151 Å². The number of nitrogens with zero attached hydrogens (tertiary/aromatic N) is 2. The molecule has 1 aliphatic heterocycles. The molecule has 2 atom stereocenters. The fraction of sp³-hybridized carbons (Fsp3) is 0.571. The summed E-state index contributed by atoms with van der Waals surface area (Å²) < 4.78 is 0. The van der Waals surface area contributed by atoms with Crippen LogP contribution in [0.25, 0.3) is 0 Å². The zero-order valence-corrected chi connectivity index (χ0v) is 15.4. The summed E-state index contributed by atoms with van der Waals surface area (Å²) in [6.45, 7) is 7.57. The summed E-state index contributed by atoms with van der Waals surface area (Å²) in [5.74, 6) is 0.424. The van der Waals surface area contributed by atoms with Crippen LogP contribution >= 0.6 is 0 Å². The van der Waals surface area contributed by atoms with E-state index in [9.17, 15) is 4.79 Å². The van der Waals surface area contributed by atoms with E-state index >= 15 is 0 Å². The summed E-state index contributed by atoms with van der Waals surface area (Å²) in [5.41, 5.74) is 1.32. The average Bonchev–Trinajstić information content (AvgIpc) is 2.68. The molecule has 0 aromatic heterocycles. The molecule has 136 valence electrons. The topological polar surface area (TPSA) is 35.6 Å². The maximum absolute atomic E-state index is 12.3. The van der Waals surface area contributed by atoms with Crippen molar-refractivity contribution in [2.45, 2.75) is 38.6 Å². The van der Waals surface area contributed by atoms with E-state index in [-0.39, 0.29) is 17.9 Å². The highest BCUT2D eigenvalue weighted by molar-refractivity contribution is 5.79. The first kappa shape index (κ1) is 18.0. The normalized spacial score (nSPS) is 22.6. The van der Waals surface area contributed by atoms with Crippen LogP contribution in [0, 0.1) is 5.92 Å². The van der Waals surface area contributed by atoms with E-state index in [1.165, 1.54) is 5.69 Å². The molecular formula is C21H31N3O. The molecule has 0 spiro atoms. The summed E-state index contributed by atoms with van der Waals surface area (Å²) in [6, 6.07) is 10.9. The minimum atomic E-state index is 0.182. The molecule has 1 heterocycles. The maximum Gasteiger partial charge on any atom is 0.223 e. The van der Waals surface area contributed by atoms with Crippen LogP contribution in [0.5, 0.6) is 0 Å². The van der Waals surface area contributed by atoms with E-state index < -0.39 is 0 Å². The predicted octanol–water partition coefficient (Wildman–Crippen LogP) is 3.06. The van der Waals surface area contributed by atoms with Gasteiger partial charge in [0.1, 0.15) is 0 Å². The average molecular weight is 341 g/mol. The van der Waals surface area contributed by atoms with E-state index in [0.29, 0.717) is 0 Å². The van der Waals surface area contributed by atoms with Gasteiger partial charge < -0.3 is 10.2 Å². The number of nitrogens with one attached hydrogen (secondary N) is 1.